The van der Waals surface area contributed by atoms with Crippen molar-refractivity contribution in [2.75, 3.05) is 16.9 Å². The number of hydrogen-bond donors (Lipinski definition) is 2. The summed E-state index contributed by atoms with van der Waals surface area (Å²) in [5.74, 6) is 3.58. The second kappa shape index (κ2) is 9.66. The summed E-state index contributed by atoms with van der Waals surface area (Å²) < 4.78 is 25.9. The van der Waals surface area contributed by atoms with Gasteiger partial charge in [0.25, 0.3) is 5.76 Å². The first kappa shape index (κ1) is 21.7. The predicted octanol–water partition coefficient (Wildman–Crippen LogP) is 5.01. The number of thioether (sulfide) groups is 2. The van der Waals surface area contributed by atoms with E-state index in [1.807, 2.05) is 0 Å². The third kappa shape index (κ3) is 5.75. The van der Waals surface area contributed by atoms with Gasteiger partial charge in [0, 0.05) is 21.2 Å². The normalized spacial score (nSPS) is 11.1. The molecule has 0 atom stereocenters. The molecule has 3 aromatic rings. The highest BCUT2D eigenvalue weighted by Gasteiger charge is 2.16. The molecule has 1 aromatic heterocycles. The number of benzene rings is 2. The maximum Gasteiger partial charge on any atom is 0.288 e. The Labute approximate surface area is 183 Å². The maximum atomic E-state index is 12.3. The Morgan fingerprint density at radius 3 is 2.55 bits per heavy atom. The van der Waals surface area contributed by atoms with Crippen LogP contribution in [-0.2, 0) is 4.79 Å². The first-order valence-corrected chi connectivity index (χ1v) is 10.6. The van der Waals surface area contributed by atoms with Gasteiger partial charge in [-0.2, -0.15) is 8.78 Å². The van der Waals surface area contributed by atoms with E-state index in [4.69, 9.17) is 29.0 Å². The molecule has 3 rings (SSSR count). The molecule has 6 nitrogen and oxygen atoms in total. The Morgan fingerprint density at radius 2 is 1.90 bits per heavy atom. The van der Waals surface area contributed by atoms with Crippen molar-refractivity contribution in [3.05, 3.63) is 52.5 Å². The lowest BCUT2D eigenvalue weighted by Gasteiger charge is -2.07. The minimum atomic E-state index is -2.49. The van der Waals surface area contributed by atoms with E-state index in [1.54, 1.807) is 30.3 Å². The van der Waals surface area contributed by atoms with Crippen molar-refractivity contribution in [2.45, 2.75) is 15.8 Å². The number of hydrogen-bond acceptors (Lipinski definition) is 6. The number of nitrogens with one attached hydrogen (secondary N) is 1. The first-order valence-electron chi connectivity index (χ1n) is 7.97. The average Bonchev–Trinajstić information content (AvgIpc) is 3.02. The Kier molecular flexibility index (Phi) is 7.23. The highest BCUT2D eigenvalue weighted by molar-refractivity contribution is 8.00. The van der Waals surface area contributed by atoms with Gasteiger partial charge >= 0.3 is 0 Å². The van der Waals surface area contributed by atoms with E-state index in [1.165, 1.54) is 16.8 Å². The fourth-order valence-corrected chi connectivity index (χ4v) is 3.93. The molecule has 0 aliphatic carbocycles. The van der Waals surface area contributed by atoms with Crippen LogP contribution in [0.2, 0.25) is 10.0 Å². The van der Waals surface area contributed by atoms with Gasteiger partial charge in [0.2, 0.25) is 11.1 Å². The number of halogens is 4. The van der Waals surface area contributed by atoms with E-state index in [0.29, 0.717) is 48.9 Å². The summed E-state index contributed by atoms with van der Waals surface area (Å²) in [6.45, 7) is 0. The Hall–Kier alpha value is -2.01. The van der Waals surface area contributed by atoms with E-state index in [2.05, 4.69) is 15.5 Å². The van der Waals surface area contributed by atoms with Crippen LogP contribution in [0.15, 0.2) is 52.5 Å². The number of carbonyl (C=O) groups excluding carboxylic acids is 1. The number of anilines is 1. The van der Waals surface area contributed by atoms with Crippen LogP contribution >= 0.6 is 46.7 Å². The Morgan fingerprint density at radius 1 is 1.17 bits per heavy atom. The molecule has 152 valence electrons. The van der Waals surface area contributed by atoms with E-state index in [-0.39, 0.29) is 11.7 Å². The molecule has 0 aliphatic rings. The van der Waals surface area contributed by atoms with Crippen LogP contribution in [0.5, 0.6) is 0 Å². The van der Waals surface area contributed by atoms with Gasteiger partial charge < -0.3 is 11.2 Å². The SMILES string of the molecule is Nn1c(SCC(=O)Nc2ccc(SC(F)F)cc2)nnc1-c1ccc(Cl)cc1Cl. The molecule has 0 aliphatic heterocycles. The number of carbonyl (C=O) groups is 1. The summed E-state index contributed by atoms with van der Waals surface area (Å²) in [6, 6.07) is 11.0. The van der Waals surface area contributed by atoms with Gasteiger partial charge in [-0.1, -0.05) is 46.7 Å². The topological polar surface area (TPSA) is 85.8 Å². The van der Waals surface area contributed by atoms with Crippen molar-refractivity contribution < 1.29 is 13.6 Å². The largest absolute Gasteiger partial charge is 0.335 e. The van der Waals surface area contributed by atoms with Crippen LogP contribution in [0.3, 0.4) is 0 Å². The van der Waals surface area contributed by atoms with Crippen LogP contribution in [0.25, 0.3) is 11.4 Å². The van der Waals surface area contributed by atoms with Crippen LogP contribution in [-0.4, -0.2) is 32.3 Å². The monoisotopic (exact) mass is 475 g/mol. The molecule has 0 spiro atoms. The van der Waals surface area contributed by atoms with Crippen molar-refractivity contribution in [3.8, 4) is 11.4 Å². The maximum absolute atomic E-state index is 12.3. The summed E-state index contributed by atoms with van der Waals surface area (Å²) in [5, 5.41) is 11.8. The second-order valence-electron chi connectivity index (χ2n) is 5.54. The smallest absolute Gasteiger partial charge is 0.288 e. The summed E-state index contributed by atoms with van der Waals surface area (Å²) in [6.07, 6.45) is 0. The fraction of sp³-hybridized carbons (Fsp3) is 0.118. The third-order valence-corrected chi connectivity index (χ3v) is 5.75. The molecule has 0 bridgehead atoms. The van der Waals surface area contributed by atoms with Gasteiger partial charge in [-0.15, -0.1) is 10.2 Å². The Bertz CT molecular complexity index is 1020. The van der Waals surface area contributed by atoms with Gasteiger partial charge in [-0.25, -0.2) is 4.68 Å². The number of rotatable bonds is 7. The zero-order valence-corrected chi connectivity index (χ0v) is 17.6. The van der Waals surface area contributed by atoms with Crippen molar-refractivity contribution in [1.82, 2.24) is 14.9 Å². The Balaban J connectivity index is 1.60. The standard InChI is InChI=1S/C17H13Cl2F2N5OS2/c18-9-1-6-12(13(19)7-9)15-24-25-17(26(15)22)28-8-14(27)23-10-2-4-11(5-3-10)29-16(20)21/h1-7,16H,8,22H2,(H,23,27). The minimum Gasteiger partial charge on any atom is -0.335 e. The molecular formula is C17H13Cl2F2N5OS2. The number of nitrogens with two attached hydrogens (primary N) is 1. The van der Waals surface area contributed by atoms with Gasteiger partial charge in [0.15, 0.2) is 5.82 Å². The lowest BCUT2D eigenvalue weighted by molar-refractivity contribution is -0.113. The number of nitrogen functional groups attached to an aromatic ring is 1. The van der Waals surface area contributed by atoms with Gasteiger partial charge in [-0.05, 0) is 42.5 Å². The highest BCUT2D eigenvalue weighted by Crippen LogP contribution is 2.30. The number of nitrogens with zero attached hydrogens (tertiary/aromatic N) is 3. The van der Waals surface area contributed by atoms with Crippen LogP contribution in [0.1, 0.15) is 0 Å². The predicted molar refractivity (Wildman–Crippen MR) is 113 cm³/mol. The van der Waals surface area contributed by atoms with Crippen LogP contribution in [0.4, 0.5) is 14.5 Å². The number of aromatic nitrogens is 3. The highest BCUT2D eigenvalue weighted by atomic mass is 35.5. The lowest BCUT2D eigenvalue weighted by Crippen LogP contribution is -2.16. The van der Waals surface area contributed by atoms with Gasteiger partial charge in [-0.3, -0.25) is 4.79 Å². The summed E-state index contributed by atoms with van der Waals surface area (Å²) in [4.78, 5) is 12.6. The third-order valence-electron chi connectivity index (χ3n) is 3.53. The molecule has 0 fully saturated rings. The van der Waals surface area contributed by atoms with Crippen molar-refractivity contribution in [3.63, 3.8) is 0 Å². The number of alkyl halides is 2. The van der Waals surface area contributed by atoms with E-state index >= 15 is 0 Å². The quantitative estimate of drug-likeness (QED) is 0.368. The van der Waals surface area contributed by atoms with Crippen molar-refractivity contribution >= 4 is 58.3 Å². The van der Waals surface area contributed by atoms with Gasteiger partial charge in [0.05, 0.1) is 10.8 Å². The molecule has 1 heterocycles. The van der Waals surface area contributed by atoms with E-state index < -0.39 is 5.76 Å². The molecule has 0 radical (unpaired) electrons. The van der Waals surface area contributed by atoms with Crippen LogP contribution in [0, 0.1) is 0 Å². The molecule has 12 heteroatoms. The minimum absolute atomic E-state index is 0.0250. The first-order chi connectivity index (χ1) is 13.8. The lowest BCUT2D eigenvalue weighted by atomic mass is 10.2. The summed E-state index contributed by atoms with van der Waals surface area (Å²) in [5.41, 5.74) is 1.06. The zero-order chi connectivity index (χ0) is 21.0. The van der Waals surface area contributed by atoms with E-state index in [9.17, 15) is 13.6 Å². The van der Waals surface area contributed by atoms with E-state index in [0.717, 1.165) is 11.8 Å². The molecule has 0 saturated carbocycles. The molecule has 2 aromatic carbocycles. The summed E-state index contributed by atoms with van der Waals surface area (Å²) in [7, 11) is 0. The number of amides is 1. The van der Waals surface area contributed by atoms with Crippen LogP contribution < -0.4 is 11.2 Å². The fourth-order valence-electron chi connectivity index (χ4n) is 2.28. The molecule has 29 heavy (non-hydrogen) atoms. The second-order valence-corrected chi connectivity index (χ2v) is 8.39. The van der Waals surface area contributed by atoms with Gasteiger partial charge in [0.1, 0.15) is 0 Å². The molecule has 0 unspecified atom stereocenters. The van der Waals surface area contributed by atoms with Crippen molar-refractivity contribution in [1.29, 1.82) is 0 Å². The van der Waals surface area contributed by atoms with Crippen molar-refractivity contribution in [2.24, 2.45) is 0 Å². The molecular weight excluding hydrogens is 463 g/mol. The molecule has 0 saturated heterocycles. The average molecular weight is 476 g/mol. The molecule has 1 amide bonds. The zero-order valence-electron chi connectivity index (χ0n) is 14.5. The summed E-state index contributed by atoms with van der Waals surface area (Å²) >= 11 is 13.6. The molecule has 3 N–H and O–H groups in total.